The van der Waals surface area contributed by atoms with E-state index in [2.05, 4.69) is 50.3 Å². The molecule has 2 unspecified atom stereocenters. The van der Waals surface area contributed by atoms with Gasteiger partial charge in [0.15, 0.2) is 6.10 Å². The summed E-state index contributed by atoms with van der Waals surface area (Å²) in [5, 5.41) is 0. The van der Waals surface area contributed by atoms with Crippen LogP contribution in [0.15, 0.2) is 36.5 Å². The van der Waals surface area contributed by atoms with E-state index in [1.165, 1.54) is 225 Å². The highest BCUT2D eigenvalue weighted by Crippen LogP contribution is 2.43. The Morgan fingerprint density at radius 3 is 1.11 bits per heavy atom. The van der Waals surface area contributed by atoms with Gasteiger partial charge in [-0.3, -0.25) is 18.6 Å². The number of carbonyl (C=O) groups is 2. The van der Waals surface area contributed by atoms with Crippen LogP contribution in [0.1, 0.15) is 296 Å². The number of hydrogen-bond acceptors (Lipinski definition) is 7. The second kappa shape index (κ2) is 54.0. The second-order valence-electron chi connectivity index (χ2n) is 22.1. The van der Waals surface area contributed by atoms with Gasteiger partial charge in [-0.2, -0.15) is 0 Å². The molecule has 0 aliphatic heterocycles. The highest BCUT2D eigenvalue weighted by molar-refractivity contribution is 7.47. The molecule has 0 spiro atoms. The Kier molecular flexibility index (Phi) is 52.7. The zero-order chi connectivity index (χ0) is 52.7. The molecule has 0 saturated carbocycles. The molecule has 2 atom stereocenters. The number of phosphoric ester groups is 1. The van der Waals surface area contributed by atoms with E-state index in [1.807, 2.05) is 21.1 Å². The smallest absolute Gasteiger partial charge is 0.462 e. The van der Waals surface area contributed by atoms with Crippen LogP contribution >= 0.6 is 7.82 Å². The highest BCUT2D eigenvalue weighted by Gasteiger charge is 2.27. The van der Waals surface area contributed by atoms with E-state index >= 15 is 0 Å². The first-order valence-corrected chi connectivity index (χ1v) is 32.2. The Balaban J connectivity index is 4.11. The van der Waals surface area contributed by atoms with Gasteiger partial charge in [0.05, 0.1) is 27.7 Å². The summed E-state index contributed by atoms with van der Waals surface area (Å²) in [7, 11) is 1.49. The van der Waals surface area contributed by atoms with E-state index in [4.69, 9.17) is 18.5 Å². The quantitative estimate of drug-likeness (QED) is 0.0211. The SMILES string of the molecule is CCCCCCC/C=C\C/C=C\CCCCCCCCCCCCCCCC(=O)OC(COC(=O)CCCCCCCCCCCCC/C=C\CCCCCCCCCC)COP(=O)(O)OCC[N+](C)(C)C. The molecule has 0 aromatic carbocycles. The Morgan fingerprint density at radius 1 is 0.431 bits per heavy atom. The Hall–Kier alpha value is -1.77. The van der Waals surface area contributed by atoms with Crippen molar-refractivity contribution in [3.05, 3.63) is 36.5 Å². The molecule has 0 aromatic rings. The summed E-state index contributed by atoms with van der Waals surface area (Å²) in [5.41, 5.74) is 0. The van der Waals surface area contributed by atoms with Crippen molar-refractivity contribution in [2.24, 2.45) is 0 Å². The third kappa shape index (κ3) is 57.5. The van der Waals surface area contributed by atoms with E-state index in [-0.39, 0.29) is 25.6 Å². The number of unbranched alkanes of at least 4 members (excludes halogenated alkanes) is 37. The molecule has 0 heterocycles. The largest absolute Gasteiger partial charge is 0.472 e. The van der Waals surface area contributed by atoms with Crippen molar-refractivity contribution < 1.29 is 42.1 Å². The number of rotatable bonds is 57. The normalized spacial score (nSPS) is 13.5. The Bertz CT molecular complexity index is 1310. The van der Waals surface area contributed by atoms with Crippen molar-refractivity contribution in [2.45, 2.75) is 302 Å². The van der Waals surface area contributed by atoms with Crippen LogP contribution in [-0.2, 0) is 32.7 Å². The average molecular weight is 1040 g/mol. The van der Waals surface area contributed by atoms with E-state index in [0.29, 0.717) is 23.9 Å². The maximum absolute atomic E-state index is 12.8. The van der Waals surface area contributed by atoms with Gasteiger partial charge in [0.25, 0.3) is 0 Å². The summed E-state index contributed by atoms with van der Waals surface area (Å²) < 4.78 is 34.6. The van der Waals surface area contributed by atoms with Crippen molar-refractivity contribution in [2.75, 3.05) is 47.5 Å². The predicted octanol–water partition coefficient (Wildman–Crippen LogP) is 19.2. The zero-order valence-electron chi connectivity index (χ0n) is 48.2. The maximum Gasteiger partial charge on any atom is 0.472 e. The highest BCUT2D eigenvalue weighted by atomic mass is 31.2. The fraction of sp³-hybridized carbons (Fsp3) is 0.871. The lowest BCUT2D eigenvalue weighted by atomic mass is 10.0. The van der Waals surface area contributed by atoms with Crippen molar-refractivity contribution >= 4 is 19.8 Å². The first kappa shape index (κ1) is 70.2. The molecule has 424 valence electrons. The van der Waals surface area contributed by atoms with Gasteiger partial charge < -0.3 is 18.9 Å². The van der Waals surface area contributed by atoms with Crippen LogP contribution in [0.4, 0.5) is 0 Å². The molecule has 72 heavy (non-hydrogen) atoms. The number of quaternary nitrogens is 1. The fourth-order valence-corrected chi connectivity index (χ4v) is 9.61. The third-order valence-electron chi connectivity index (χ3n) is 13.6. The van der Waals surface area contributed by atoms with E-state index in [0.717, 1.165) is 38.5 Å². The van der Waals surface area contributed by atoms with Gasteiger partial charge in [-0.15, -0.1) is 0 Å². The van der Waals surface area contributed by atoms with Crippen molar-refractivity contribution in [3.63, 3.8) is 0 Å². The van der Waals surface area contributed by atoms with Gasteiger partial charge >= 0.3 is 19.8 Å². The average Bonchev–Trinajstić information content (AvgIpc) is 3.34. The summed E-state index contributed by atoms with van der Waals surface area (Å²) in [6.45, 7) is 4.47. The summed E-state index contributed by atoms with van der Waals surface area (Å²) >= 11 is 0. The van der Waals surface area contributed by atoms with Crippen LogP contribution < -0.4 is 0 Å². The van der Waals surface area contributed by atoms with Gasteiger partial charge in [-0.05, 0) is 70.6 Å². The lowest BCUT2D eigenvalue weighted by Crippen LogP contribution is -2.37. The zero-order valence-corrected chi connectivity index (χ0v) is 49.1. The first-order chi connectivity index (χ1) is 35.0. The molecule has 0 bridgehead atoms. The van der Waals surface area contributed by atoms with Crippen LogP contribution in [0.5, 0.6) is 0 Å². The molecule has 0 fully saturated rings. The van der Waals surface area contributed by atoms with Gasteiger partial charge in [0.1, 0.15) is 19.8 Å². The standard InChI is InChI=1S/C62H118NO8P/c1-6-8-10-12-14-16-18-20-22-24-26-28-30-31-33-35-37-39-41-43-45-47-49-51-53-55-62(65)71-60(59-70-72(66,67)69-57-56-63(3,4)5)58-68-61(64)54-52-50-48-46-44-42-40-38-36-34-32-29-27-25-23-21-19-17-15-13-11-9-7-2/h18,20,24-27,60H,6-17,19,21-23,28-59H2,1-5H3/p+1/b20-18-,26-24-,27-25-. The monoisotopic (exact) mass is 1040 g/mol. The van der Waals surface area contributed by atoms with E-state index in [1.54, 1.807) is 0 Å². The fourth-order valence-electron chi connectivity index (χ4n) is 8.87. The number of likely N-dealkylation sites (N-methyl/N-ethyl adjacent to an activating group) is 1. The van der Waals surface area contributed by atoms with Gasteiger partial charge in [-0.25, -0.2) is 4.57 Å². The molecular formula is C62H119NO8P+. The predicted molar refractivity (Wildman–Crippen MR) is 307 cm³/mol. The minimum atomic E-state index is -4.39. The number of phosphoric acid groups is 1. The molecular weight excluding hydrogens is 918 g/mol. The van der Waals surface area contributed by atoms with Crippen molar-refractivity contribution in [1.29, 1.82) is 0 Å². The number of nitrogens with zero attached hydrogens (tertiary/aromatic N) is 1. The number of ether oxygens (including phenoxy) is 2. The second-order valence-corrected chi connectivity index (χ2v) is 23.5. The molecule has 0 aliphatic carbocycles. The van der Waals surface area contributed by atoms with Crippen LogP contribution in [0.2, 0.25) is 0 Å². The summed E-state index contributed by atoms with van der Waals surface area (Å²) in [4.78, 5) is 35.7. The van der Waals surface area contributed by atoms with Crippen LogP contribution in [0, 0.1) is 0 Å². The number of carbonyl (C=O) groups excluding carboxylic acids is 2. The lowest BCUT2D eigenvalue weighted by Gasteiger charge is -2.24. The van der Waals surface area contributed by atoms with Crippen molar-refractivity contribution in [1.82, 2.24) is 0 Å². The maximum atomic E-state index is 12.8. The number of hydrogen-bond donors (Lipinski definition) is 1. The van der Waals surface area contributed by atoms with Crippen LogP contribution in [-0.4, -0.2) is 74.9 Å². The van der Waals surface area contributed by atoms with E-state index < -0.39 is 26.5 Å². The molecule has 10 heteroatoms. The van der Waals surface area contributed by atoms with Crippen LogP contribution in [0.3, 0.4) is 0 Å². The topological polar surface area (TPSA) is 108 Å². The molecule has 1 N–H and O–H groups in total. The molecule has 0 aromatic heterocycles. The molecule has 9 nitrogen and oxygen atoms in total. The molecule has 0 aliphatic rings. The molecule has 0 amide bonds. The summed E-state index contributed by atoms with van der Waals surface area (Å²) in [5.74, 6) is -0.786. The Labute approximate surface area is 446 Å². The van der Waals surface area contributed by atoms with Crippen molar-refractivity contribution in [3.8, 4) is 0 Å². The molecule has 0 saturated heterocycles. The van der Waals surface area contributed by atoms with Gasteiger partial charge in [0, 0.05) is 12.8 Å². The summed E-state index contributed by atoms with van der Waals surface area (Å²) in [6, 6.07) is 0. The third-order valence-corrected chi connectivity index (χ3v) is 14.6. The lowest BCUT2D eigenvalue weighted by molar-refractivity contribution is -0.870. The number of allylic oxidation sites excluding steroid dienone is 6. The minimum absolute atomic E-state index is 0.0328. The van der Waals surface area contributed by atoms with Gasteiger partial charge in [0.2, 0.25) is 0 Å². The Morgan fingerprint density at radius 2 is 0.750 bits per heavy atom. The summed E-state index contributed by atoms with van der Waals surface area (Å²) in [6.07, 6.45) is 66.4. The van der Waals surface area contributed by atoms with Crippen LogP contribution in [0.25, 0.3) is 0 Å². The molecule has 0 radical (unpaired) electrons. The molecule has 0 rings (SSSR count). The minimum Gasteiger partial charge on any atom is -0.462 e. The number of esters is 2. The van der Waals surface area contributed by atoms with E-state index in [9.17, 15) is 19.0 Å². The first-order valence-electron chi connectivity index (χ1n) is 30.7. The van der Waals surface area contributed by atoms with Gasteiger partial charge in [-0.1, -0.05) is 249 Å².